The molecule has 6 heteroatoms. The van der Waals surface area contributed by atoms with Gasteiger partial charge in [0, 0.05) is 5.56 Å². The largest absolute Gasteiger partial charge is 0.429 e. The Morgan fingerprint density at radius 1 is 0.895 bits per heavy atom. The van der Waals surface area contributed by atoms with Gasteiger partial charge in [0.15, 0.2) is 6.10 Å². The molecule has 2 atom stereocenters. The predicted molar refractivity (Wildman–Crippen MR) is 60.6 cm³/mol. The van der Waals surface area contributed by atoms with E-state index in [1.54, 1.807) is 0 Å². The van der Waals surface area contributed by atoms with Gasteiger partial charge in [-0.3, -0.25) is 0 Å². The van der Waals surface area contributed by atoms with Crippen LogP contribution in [0.5, 0.6) is 0 Å². The van der Waals surface area contributed by atoms with E-state index >= 15 is 0 Å². The first-order chi connectivity index (χ1) is 9.15. The zero-order valence-corrected chi connectivity index (χ0v) is 10.3. The van der Waals surface area contributed by atoms with Crippen LogP contribution in [-0.4, -0.2) is 24.2 Å². The number of carbonyl (C=O) groups is 3. The van der Waals surface area contributed by atoms with Gasteiger partial charge in [-0.15, -0.1) is 0 Å². The highest BCUT2D eigenvalue weighted by atomic mass is 16.8. The molecule has 1 fully saturated rings. The summed E-state index contributed by atoms with van der Waals surface area (Å²) in [6.45, 7) is 4.00. The summed E-state index contributed by atoms with van der Waals surface area (Å²) in [6, 6.07) is 2.81. The highest BCUT2D eigenvalue weighted by molar-refractivity contribution is 6.16. The van der Waals surface area contributed by atoms with Crippen LogP contribution < -0.4 is 0 Å². The van der Waals surface area contributed by atoms with Crippen molar-refractivity contribution in [2.75, 3.05) is 0 Å². The highest BCUT2D eigenvalue weighted by Gasteiger charge is 2.51. The van der Waals surface area contributed by atoms with Gasteiger partial charge in [0.05, 0.1) is 16.7 Å². The summed E-state index contributed by atoms with van der Waals surface area (Å²) >= 11 is 0. The summed E-state index contributed by atoms with van der Waals surface area (Å²) in [5.41, 5.74) is 1.12. The Morgan fingerprint density at radius 2 is 1.53 bits per heavy atom. The van der Waals surface area contributed by atoms with Crippen molar-refractivity contribution in [3.8, 4) is 0 Å². The van der Waals surface area contributed by atoms with Gasteiger partial charge < -0.3 is 14.2 Å². The average Bonchev–Trinajstić information content (AvgIpc) is 3.13. The van der Waals surface area contributed by atoms with Gasteiger partial charge >= 0.3 is 17.9 Å². The van der Waals surface area contributed by atoms with E-state index < -0.39 is 24.2 Å². The summed E-state index contributed by atoms with van der Waals surface area (Å²) in [5.74, 6) is -1.97. The van der Waals surface area contributed by atoms with Crippen LogP contribution in [0, 0.1) is 0 Å². The second-order valence-corrected chi connectivity index (χ2v) is 3.99. The number of esters is 3. The average molecular weight is 262 g/mol. The Bertz CT molecular complexity index is 618. The van der Waals surface area contributed by atoms with Crippen LogP contribution in [0.3, 0.4) is 0 Å². The minimum absolute atomic E-state index is 0.102. The highest BCUT2D eigenvalue weighted by Crippen LogP contribution is 2.46. The summed E-state index contributed by atoms with van der Waals surface area (Å²) < 4.78 is 14.5. The van der Waals surface area contributed by atoms with Crippen LogP contribution in [0.1, 0.15) is 56.6 Å². The first kappa shape index (κ1) is 11.9. The zero-order chi connectivity index (χ0) is 13.7. The van der Waals surface area contributed by atoms with E-state index in [9.17, 15) is 14.4 Å². The number of ether oxygens (including phenoxy) is 3. The first-order valence-corrected chi connectivity index (χ1v) is 5.96. The molecular formula is C13H10O6. The quantitative estimate of drug-likeness (QED) is 0.401. The Hall–Kier alpha value is -2.21. The lowest BCUT2D eigenvalue weighted by Gasteiger charge is -2.11. The Labute approximate surface area is 108 Å². The molecule has 4 rings (SSSR count). The molecule has 3 aliphatic heterocycles. The molecule has 98 valence electrons. The van der Waals surface area contributed by atoms with Gasteiger partial charge in [-0.1, -0.05) is 13.8 Å². The molecule has 0 N–H and O–H groups in total. The lowest BCUT2D eigenvalue weighted by molar-refractivity contribution is 0.0290. The monoisotopic (exact) mass is 262 g/mol. The number of fused-ring (bicyclic) bond motifs is 4. The molecule has 0 radical (unpaired) electrons. The number of hydrogen-bond acceptors (Lipinski definition) is 6. The first-order valence-electron chi connectivity index (χ1n) is 5.96. The Kier molecular flexibility index (Phi) is 2.43. The van der Waals surface area contributed by atoms with Crippen LogP contribution in [0.2, 0.25) is 0 Å². The third-order valence-corrected chi connectivity index (χ3v) is 3.02. The van der Waals surface area contributed by atoms with Crippen molar-refractivity contribution < 1.29 is 28.6 Å². The molecule has 3 aliphatic rings. The van der Waals surface area contributed by atoms with Crippen molar-refractivity contribution in [3.63, 3.8) is 0 Å². The topological polar surface area (TPSA) is 82.2 Å². The van der Waals surface area contributed by atoms with Gasteiger partial charge in [-0.25, -0.2) is 14.4 Å². The molecule has 3 heterocycles. The fourth-order valence-electron chi connectivity index (χ4n) is 2.14. The molecule has 19 heavy (non-hydrogen) atoms. The number of cyclic esters (lactones) is 2. The Morgan fingerprint density at radius 3 is 2.21 bits per heavy atom. The molecule has 2 unspecified atom stereocenters. The third kappa shape index (κ3) is 1.57. The van der Waals surface area contributed by atoms with Crippen molar-refractivity contribution in [2.24, 2.45) is 0 Å². The second-order valence-electron chi connectivity index (χ2n) is 3.99. The number of hydrogen-bond donors (Lipinski definition) is 0. The van der Waals surface area contributed by atoms with Crippen molar-refractivity contribution in [2.45, 2.75) is 26.2 Å². The minimum atomic E-state index is -0.737. The SMILES string of the molecule is CC.O=C1OC(=O)c2cc3c(cc21)C(=O)OC1OC31. The maximum absolute atomic E-state index is 11.6. The molecule has 0 spiro atoms. The van der Waals surface area contributed by atoms with E-state index in [1.165, 1.54) is 12.1 Å². The molecule has 0 aliphatic carbocycles. The van der Waals surface area contributed by atoms with Gasteiger partial charge in [0.2, 0.25) is 6.29 Å². The normalized spacial score (nSPS) is 25.3. The van der Waals surface area contributed by atoms with Crippen molar-refractivity contribution in [1.82, 2.24) is 0 Å². The van der Waals surface area contributed by atoms with Gasteiger partial charge in [-0.05, 0) is 12.1 Å². The van der Waals surface area contributed by atoms with Crippen LogP contribution in [0.25, 0.3) is 0 Å². The molecule has 0 saturated carbocycles. The summed E-state index contributed by atoms with van der Waals surface area (Å²) in [5, 5.41) is 0. The van der Waals surface area contributed by atoms with Gasteiger partial charge in [-0.2, -0.15) is 0 Å². The number of benzene rings is 1. The van der Waals surface area contributed by atoms with E-state index in [0.29, 0.717) is 5.56 Å². The van der Waals surface area contributed by atoms with E-state index in [-0.39, 0.29) is 22.8 Å². The summed E-state index contributed by atoms with van der Waals surface area (Å²) in [4.78, 5) is 34.3. The molecule has 6 nitrogen and oxygen atoms in total. The molecular weight excluding hydrogens is 252 g/mol. The fraction of sp³-hybridized carbons (Fsp3) is 0.308. The lowest BCUT2D eigenvalue weighted by atomic mass is 9.96. The van der Waals surface area contributed by atoms with Crippen molar-refractivity contribution in [3.05, 3.63) is 34.4 Å². The lowest BCUT2D eigenvalue weighted by Crippen LogP contribution is -2.17. The fourth-order valence-corrected chi connectivity index (χ4v) is 2.14. The molecule has 0 bridgehead atoms. The van der Waals surface area contributed by atoms with Gasteiger partial charge in [0.25, 0.3) is 0 Å². The number of rotatable bonds is 0. The van der Waals surface area contributed by atoms with Crippen molar-refractivity contribution in [1.29, 1.82) is 0 Å². The smallest absolute Gasteiger partial charge is 0.346 e. The van der Waals surface area contributed by atoms with E-state index in [4.69, 9.17) is 9.47 Å². The summed E-state index contributed by atoms with van der Waals surface area (Å²) in [6.07, 6.45) is -0.877. The van der Waals surface area contributed by atoms with Crippen LogP contribution in [0.15, 0.2) is 12.1 Å². The number of carbonyl (C=O) groups excluding carboxylic acids is 3. The van der Waals surface area contributed by atoms with Gasteiger partial charge in [0.1, 0.15) is 0 Å². The predicted octanol–water partition coefficient (Wildman–Crippen LogP) is 1.59. The van der Waals surface area contributed by atoms with E-state index in [2.05, 4.69) is 4.74 Å². The van der Waals surface area contributed by atoms with E-state index in [0.717, 1.165) is 0 Å². The van der Waals surface area contributed by atoms with Crippen molar-refractivity contribution >= 4 is 17.9 Å². The standard InChI is InChI=1S/C11H4O6.C2H6/c12-8-5-1-3-4(2-6(5)9(13)16-8)10(14)17-11-7(3)15-11;1-2/h1-2,7,11H;1-2H3. The van der Waals surface area contributed by atoms with Crippen LogP contribution in [-0.2, 0) is 14.2 Å². The van der Waals surface area contributed by atoms with Crippen LogP contribution in [0.4, 0.5) is 0 Å². The minimum Gasteiger partial charge on any atom is -0.429 e. The Balaban J connectivity index is 0.000000528. The molecule has 1 aromatic rings. The maximum atomic E-state index is 11.6. The summed E-state index contributed by atoms with van der Waals surface area (Å²) in [7, 11) is 0. The molecule has 1 aromatic carbocycles. The van der Waals surface area contributed by atoms with E-state index in [1.807, 2.05) is 13.8 Å². The molecule has 1 saturated heterocycles. The zero-order valence-electron chi connectivity index (χ0n) is 10.3. The number of epoxide rings is 1. The van der Waals surface area contributed by atoms with Crippen LogP contribution >= 0.6 is 0 Å². The maximum Gasteiger partial charge on any atom is 0.346 e. The molecule has 0 amide bonds. The second kappa shape index (κ2) is 3.89. The third-order valence-electron chi connectivity index (χ3n) is 3.02. The molecule has 0 aromatic heterocycles.